The number of nitrogens with one attached hydrogen (secondary N) is 1. The molecule has 0 spiro atoms. The number of ketones is 1. The Balaban J connectivity index is 2.07. The Morgan fingerprint density at radius 3 is 2.34 bits per heavy atom. The number of carbonyl (C=O) groups excluding carboxylic acids is 2. The average molecular weight is 468 g/mol. The number of rotatable bonds is 5. The van der Waals surface area contributed by atoms with E-state index in [0.717, 1.165) is 11.1 Å². The number of carbonyl (C=O) groups is 2. The molecule has 8 heteroatoms. The Hall–Kier alpha value is -3.35. The second-order valence-electron chi connectivity index (χ2n) is 7.54. The van der Waals surface area contributed by atoms with E-state index >= 15 is 0 Å². The second kappa shape index (κ2) is 8.65. The zero-order chi connectivity index (χ0) is 23.0. The summed E-state index contributed by atoms with van der Waals surface area (Å²) in [6.45, 7) is 3.48. The highest BCUT2D eigenvalue weighted by Crippen LogP contribution is 2.40. The first-order valence-electron chi connectivity index (χ1n) is 9.85. The minimum absolute atomic E-state index is 0.000310. The van der Waals surface area contributed by atoms with Crippen molar-refractivity contribution in [2.75, 3.05) is 5.32 Å². The van der Waals surface area contributed by atoms with Crippen LogP contribution in [0.1, 0.15) is 24.4 Å². The second-order valence-corrected chi connectivity index (χ2v) is 8.38. The summed E-state index contributed by atoms with van der Waals surface area (Å²) < 4.78 is 5.84. The van der Waals surface area contributed by atoms with Gasteiger partial charge in [-0.25, -0.2) is 9.78 Å². The molecule has 32 heavy (non-hydrogen) atoms. The summed E-state index contributed by atoms with van der Waals surface area (Å²) in [6, 6.07) is 15.5. The lowest BCUT2D eigenvalue weighted by molar-refractivity contribution is 0.0914. The number of furan rings is 1. The van der Waals surface area contributed by atoms with Crippen LogP contribution in [-0.2, 0) is 0 Å². The number of aromatic nitrogens is 1. The molecule has 0 aliphatic carbocycles. The van der Waals surface area contributed by atoms with Gasteiger partial charge in [0.1, 0.15) is 5.69 Å². The van der Waals surface area contributed by atoms with Crippen LogP contribution in [0.2, 0.25) is 10.0 Å². The van der Waals surface area contributed by atoms with E-state index < -0.39 is 6.03 Å². The Morgan fingerprint density at radius 1 is 1.03 bits per heavy atom. The molecule has 6 nitrogen and oxygen atoms in total. The van der Waals surface area contributed by atoms with Gasteiger partial charge in [-0.05, 0) is 29.8 Å². The number of halogens is 2. The standard InChI is InChI=1S/C24H19Cl2N3O3/c1-12(2)21(30)22-20(29-24(27)31)17-11-16(13-7-9-14(25)10-8-13)19(28-23(17)32-22)15-5-3-4-6-18(15)26/h3-12H,1-2H3,(H3,27,29,31). The zero-order valence-corrected chi connectivity index (χ0v) is 18.8. The van der Waals surface area contributed by atoms with E-state index in [2.05, 4.69) is 5.32 Å². The van der Waals surface area contributed by atoms with Gasteiger partial charge in [0.2, 0.25) is 11.5 Å². The van der Waals surface area contributed by atoms with Crippen LogP contribution in [0.4, 0.5) is 10.5 Å². The van der Waals surface area contributed by atoms with Crippen LogP contribution in [-0.4, -0.2) is 16.8 Å². The number of benzene rings is 2. The van der Waals surface area contributed by atoms with Crippen molar-refractivity contribution >= 4 is 51.8 Å². The fourth-order valence-electron chi connectivity index (χ4n) is 3.41. The smallest absolute Gasteiger partial charge is 0.316 e. The van der Waals surface area contributed by atoms with Crippen molar-refractivity contribution in [2.24, 2.45) is 11.7 Å². The molecule has 2 amide bonds. The van der Waals surface area contributed by atoms with Crippen molar-refractivity contribution in [3.05, 3.63) is 70.4 Å². The highest BCUT2D eigenvalue weighted by molar-refractivity contribution is 6.33. The van der Waals surface area contributed by atoms with Gasteiger partial charge in [-0.15, -0.1) is 0 Å². The van der Waals surface area contributed by atoms with Crippen molar-refractivity contribution in [2.45, 2.75) is 13.8 Å². The quantitative estimate of drug-likeness (QED) is 0.315. The van der Waals surface area contributed by atoms with Crippen molar-refractivity contribution in [3.8, 4) is 22.4 Å². The van der Waals surface area contributed by atoms with Gasteiger partial charge in [-0.1, -0.05) is 67.4 Å². The zero-order valence-electron chi connectivity index (χ0n) is 17.3. The number of amides is 2. The summed E-state index contributed by atoms with van der Waals surface area (Å²) in [6.07, 6.45) is 0. The van der Waals surface area contributed by atoms with Crippen LogP contribution >= 0.6 is 23.2 Å². The fourth-order valence-corrected chi connectivity index (χ4v) is 3.77. The molecule has 0 fully saturated rings. The molecular formula is C24H19Cl2N3O3. The van der Waals surface area contributed by atoms with Gasteiger partial charge in [0.05, 0.1) is 11.1 Å². The summed E-state index contributed by atoms with van der Waals surface area (Å²) in [5, 5.41) is 4.08. The van der Waals surface area contributed by atoms with Crippen LogP contribution in [0.25, 0.3) is 33.5 Å². The lowest BCUT2D eigenvalue weighted by atomic mass is 9.97. The normalized spacial score (nSPS) is 11.2. The molecule has 4 rings (SSSR count). The SMILES string of the molecule is CC(C)C(=O)c1oc2nc(-c3ccccc3Cl)c(-c3ccc(Cl)cc3)cc2c1NC(N)=O. The molecule has 2 heterocycles. The predicted molar refractivity (Wildman–Crippen MR) is 127 cm³/mol. The van der Waals surface area contributed by atoms with Crippen molar-refractivity contribution in [1.29, 1.82) is 0 Å². The van der Waals surface area contributed by atoms with Crippen LogP contribution < -0.4 is 11.1 Å². The van der Waals surface area contributed by atoms with Gasteiger partial charge in [-0.3, -0.25) is 4.79 Å². The number of urea groups is 1. The molecule has 2 aromatic heterocycles. The molecule has 162 valence electrons. The predicted octanol–water partition coefficient (Wildman–Crippen LogP) is 6.80. The lowest BCUT2D eigenvalue weighted by Gasteiger charge is -2.11. The van der Waals surface area contributed by atoms with E-state index in [1.54, 1.807) is 38.1 Å². The molecule has 4 aromatic rings. The molecule has 3 N–H and O–H groups in total. The number of primary amides is 1. The van der Waals surface area contributed by atoms with E-state index in [9.17, 15) is 9.59 Å². The first kappa shape index (κ1) is 21.9. The number of Topliss-reactive ketones (excluding diaryl/α,β-unsaturated/α-hetero) is 1. The van der Waals surface area contributed by atoms with E-state index in [-0.39, 0.29) is 28.9 Å². The van der Waals surface area contributed by atoms with Gasteiger partial charge in [-0.2, -0.15) is 0 Å². The minimum atomic E-state index is -0.811. The number of hydrogen-bond acceptors (Lipinski definition) is 4. The van der Waals surface area contributed by atoms with E-state index in [1.807, 2.05) is 30.3 Å². The van der Waals surface area contributed by atoms with E-state index in [4.69, 9.17) is 38.3 Å². The number of nitrogens with two attached hydrogens (primary N) is 1. The number of pyridine rings is 1. The molecule has 0 radical (unpaired) electrons. The van der Waals surface area contributed by atoms with E-state index in [0.29, 0.717) is 26.7 Å². The first-order valence-corrected chi connectivity index (χ1v) is 10.6. The molecule has 0 aliphatic rings. The molecule has 0 unspecified atom stereocenters. The third kappa shape index (κ3) is 4.07. The summed E-state index contributed by atoms with van der Waals surface area (Å²) in [5.74, 6) is -0.637. The lowest BCUT2D eigenvalue weighted by Crippen LogP contribution is -2.21. The molecule has 0 saturated carbocycles. The number of fused-ring (bicyclic) bond motifs is 1. The summed E-state index contributed by atoms with van der Waals surface area (Å²) in [5.41, 5.74) is 8.55. The Labute approximate surface area is 194 Å². The number of anilines is 1. The van der Waals surface area contributed by atoms with Crippen molar-refractivity contribution in [1.82, 2.24) is 4.98 Å². The maximum Gasteiger partial charge on any atom is 0.316 e. The highest BCUT2D eigenvalue weighted by Gasteiger charge is 2.26. The molecule has 0 saturated heterocycles. The topological polar surface area (TPSA) is 98.2 Å². The minimum Gasteiger partial charge on any atom is -0.432 e. The third-order valence-corrected chi connectivity index (χ3v) is 5.54. The Kier molecular flexibility index (Phi) is 5.91. The maximum absolute atomic E-state index is 12.8. The fraction of sp³-hybridized carbons (Fsp3) is 0.125. The van der Waals surface area contributed by atoms with Crippen LogP contribution in [0.15, 0.2) is 59.0 Å². The molecule has 2 aromatic carbocycles. The van der Waals surface area contributed by atoms with Gasteiger partial charge < -0.3 is 15.5 Å². The summed E-state index contributed by atoms with van der Waals surface area (Å²) in [4.78, 5) is 29.2. The van der Waals surface area contributed by atoms with Crippen molar-refractivity contribution in [3.63, 3.8) is 0 Å². The maximum atomic E-state index is 12.8. The molecular weight excluding hydrogens is 449 g/mol. The van der Waals surface area contributed by atoms with Crippen LogP contribution in [0, 0.1) is 5.92 Å². The first-order chi connectivity index (χ1) is 15.3. The van der Waals surface area contributed by atoms with Crippen molar-refractivity contribution < 1.29 is 14.0 Å². The number of hydrogen-bond donors (Lipinski definition) is 2. The molecule has 0 atom stereocenters. The Morgan fingerprint density at radius 2 is 1.72 bits per heavy atom. The van der Waals surface area contributed by atoms with Gasteiger partial charge in [0, 0.05) is 27.1 Å². The highest BCUT2D eigenvalue weighted by atomic mass is 35.5. The van der Waals surface area contributed by atoms with Gasteiger partial charge in [0.25, 0.3) is 0 Å². The van der Waals surface area contributed by atoms with Gasteiger partial charge >= 0.3 is 6.03 Å². The summed E-state index contributed by atoms with van der Waals surface area (Å²) in [7, 11) is 0. The van der Waals surface area contributed by atoms with Crippen LogP contribution in [0.3, 0.4) is 0 Å². The monoisotopic (exact) mass is 467 g/mol. The van der Waals surface area contributed by atoms with Gasteiger partial charge in [0.15, 0.2) is 5.76 Å². The van der Waals surface area contributed by atoms with Crippen LogP contribution in [0.5, 0.6) is 0 Å². The van der Waals surface area contributed by atoms with E-state index in [1.165, 1.54) is 0 Å². The number of nitrogens with zero attached hydrogens (tertiary/aromatic N) is 1. The third-order valence-electron chi connectivity index (χ3n) is 4.96. The average Bonchev–Trinajstić information content (AvgIpc) is 3.10. The largest absolute Gasteiger partial charge is 0.432 e. The Bertz CT molecular complexity index is 1340. The summed E-state index contributed by atoms with van der Waals surface area (Å²) >= 11 is 12.5. The molecule has 0 bridgehead atoms. The molecule has 0 aliphatic heterocycles.